The quantitative estimate of drug-likeness (QED) is 0.755. The highest BCUT2D eigenvalue weighted by molar-refractivity contribution is 6.18. The number of hydrogen-bond donors (Lipinski definition) is 1. The molecule has 6 nitrogen and oxygen atoms in total. The molecular weight excluding hydrogens is 378 g/mol. The minimum absolute atomic E-state index is 0.0306. The number of pyridine rings is 1. The molecular formula is C24H31N3O3. The number of rotatable bonds is 3. The van der Waals surface area contributed by atoms with Crippen LogP contribution in [0.1, 0.15) is 71.1 Å². The van der Waals surface area contributed by atoms with Crippen molar-refractivity contribution in [3.05, 3.63) is 35.8 Å². The highest BCUT2D eigenvalue weighted by Crippen LogP contribution is 2.40. The number of carbonyl (C=O) groups is 2. The van der Waals surface area contributed by atoms with E-state index >= 15 is 0 Å². The van der Waals surface area contributed by atoms with Crippen molar-refractivity contribution in [3.8, 4) is 0 Å². The van der Waals surface area contributed by atoms with Gasteiger partial charge in [-0.3, -0.25) is 4.79 Å². The Labute approximate surface area is 177 Å². The number of fused-ring (bicyclic) bond motifs is 3. The fourth-order valence-electron chi connectivity index (χ4n) is 4.86. The summed E-state index contributed by atoms with van der Waals surface area (Å²) >= 11 is 0. The van der Waals surface area contributed by atoms with Gasteiger partial charge in [-0.1, -0.05) is 33.1 Å². The number of carbonyl (C=O) groups excluding carboxylic acids is 2. The summed E-state index contributed by atoms with van der Waals surface area (Å²) in [5.74, 6) is -0.273. The molecule has 0 radical (unpaired) electrons. The zero-order chi connectivity index (χ0) is 21.5. The van der Waals surface area contributed by atoms with E-state index in [9.17, 15) is 9.59 Å². The Morgan fingerprint density at radius 1 is 1.23 bits per heavy atom. The van der Waals surface area contributed by atoms with E-state index in [0.29, 0.717) is 17.8 Å². The Morgan fingerprint density at radius 3 is 2.67 bits per heavy atom. The van der Waals surface area contributed by atoms with E-state index in [1.807, 2.05) is 26.0 Å². The van der Waals surface area contributed by atoms with Crippen molar-refractivity contribution in [2.24, 2.45) is 5.92 Å². The number of hydrogen-bond acceptors (Lipinski definition) is 4. The maximum Gasteiger partial charge on any atom is 0.342 e. The first-order valence-corrected chi connectivity index (χ1v) is 11.0. The first-order chi connectivity index (χ1) is 14.3. The standard InChI is InChI=1S/C24H31N3O3/c1-15(2)30-23(29)18-13-27(22(28)16-9-6-5-7-10-16)14-24(3,4)19-17-11-8-12-25-21(17)26-20(18)19/h8,11-13,15-16H,5-7,9-10,14H2,1-4H3,(H,25,26). The van der Waals surface area contributed by atoms with Gasteiger partial charge in [0.1, 0.15) is 5.65 Å². The molecule has 1 aliphatic heterocycles. The largest absolute Gasteiger partial charge is 0.459 e. The average Bonchev–Trinajstić information content (AvgIpc) is 3.05. The molecule has 30 heavy (non-hydrogen) atoms. The van der Waals surface area contributed by atoms with E-state index in [4.69, 9.17) is 4.74 Å². The van der Waals surface area contributed by atoms with E-state index in [-0.39, 0.29) is 23.3 Å². The molecule has 0 bridgehead atoms. The molecule has 1 aliphatic carbocycles. The van der Waals surface area contributed by atoms with Crippen LogP contribution >= 0.6 is 0 Å². The predicted molar refractivity (Wildman–Crippen MR) is 117 cm³/mol. The Hall–Kier alpha value is -2.63. The lowest BCUT2D eigenvalue weighted by Crippen LogP contribution is -2.40. The molecule has 0 aromatic carbocycles. The van der Waals surface area contributed by atoms with Crippen LogP contribution in [0.25, 0.3) is 16.6 Å². The molecule has 2 aromatic rings. The molecule has 2 aliphatic rings. The Bertz CT molecular complexity index is 996. The maximum absolute atomic E-state index is 13.4. The summed E-state index contributed by atoms with van der Waals surface area (Å²) in [4.78, 5) is 36.1. The van der Waals surface area contributed by atoms with Crippen LogP contribution in [-0.4, -0.2) is 39.4 Å². The monoisotopic (exact) mass is 409 g/mol. The van der Waals surface area contributed by atoms with Crippen LogP contribution in [0.5, 0.6) is 0 Å². The van der Waals surface area contributed by atoms with E-state index in [0.717, 1.165) is 42.3 Å². The first kappa shape index (κ1) is 20.6. The smallest absolute Gasteiger partial charge is 0.342 e. The van der Waals surface area contributed by atoms with Crippen molar-refractivity contribution >= 4 is 28.5 Å². The third-order valence-corrected chi connectivity index (χ3v) is 6.17. The first-order valence-electron chi connectivity index (χ1n) is 11.0. The zero-order valence-electron chi connectivity index (χ0n) is 18.3. The van der Waals surface area contributed by atoms with Gasteiger partial charge >= 0.3 is 5.97 Å². The summed E-state index contributed by atoms with van der Waals surface area (Å²) in [6, 6.07) is 3.92. The van der Waals surface area contributed by atoms with Crippen molar-refractivity contribution in [2.75, 3.05) is 6.54 Å². The molecule has 0 atom stereocenters. The molecule has 0 saturated heterocycles. The number of aromatic nitrogens is 2. The fourth-order valence-corrected chi connectivity index (χ4v) is 4.86. The number of nitrogens with zero attached hydrogens (tertiary/aromatic N) is 2. The molecule has 3 heterocycles. The van der Waals surface area contributed by atoms with E-state index in [1.165, 1.54) is 6.42 Å². The van der Waals surface area contributed by atoms with Gasteiger partial charge in [0.15, 0.2) is 0 Å². The number of ether oxygens (including phenoxy) is 1. The number of nitrogens with one attached hydrogen (secondary N) is 1. The second kappa shape index (κ2) is 7.89. The van der Waals surface area contributed by atoms with Gasteiger partial charge in [0.25, 0.3) is 0 Å². The van der Waals surface area contributed by atoms with Gasteiger partial charge in [0.2, 0.25) is 5.91 Å². The highest BCUT2D eigenvalue weighted by atomic mass is 16.5. The fraction of sp³-hybridized carbons (Fsp3) is 0.542. The van der Waals surface area contributed by atoms with Crippen molar-refractivity contribution in [1.29, 1.82) is 0 Å². The van der Waals surface area contributed by atoms with Crippen LogP contribution < -0.4 is 0 Å². The SMILES string of the molecule is CC(C)OC(=O)C1=CN(C(=O)C2CCCCC2)CC(C)(C)c2c1[nH]c1ncccc21. The van der Waals surface area contributed by atoms with Crippen LogP contribution in [0, 0.1) is 5.92 Å². The van der Waals surface area contributed by atoms with Crippen LogP contribution in [0.3, 0.4) is 0 Å². The number of H-pyrrole nitrogens is 1. The maximum atomic E-state index is 13.4. The summed E-state index contributed by atoms with van der Waals surface area (Å²) < 4.78 is 5.55. The lowest BCUT2D eigenvalue weighted by molar-refractivity contribution is -0.140. The third-order valence-electron chi connectivity index (χ3n) is 6.17. The molecule has 4 rings (SSSR count). The molecule has 0 spiro atoms. The van der Waals surface area contributed by atoms with Crippen LogP contribution in [-0.2, 0) is 19.7 Å². The molecule has 6 heteroatoms. The molecule has 1 amide bonds. The summed E-state index contributed by atoms with van der Waals surface area (Å²) in [5, 5.41) is 0.979. The lowest BCUT2D eigenvalue weighted by atomic mass is 9.81. The van der Waals surface area contributed by atoms with E-state index in [1.54, 1.807) is 17.3 Å². The van der Waals surface area contributed by atoms with Crippen molar-refractivity contribution in [2.45, 2.75) is 71.3 Å². The number of aromatic amines is 1. The third kappa shape index (κ3) is 3.75. The number of esters is 1. The van der Waals surface area contributed by atoms with Crippen molar-refractivity contribution in [1.82, 2.24) is 14.9 Å². The molecule has 0 unspecified atom stereocenters. The summed E-state index contributed by atoms with van der Waals surface area (Å²) in [7, 11) is 0. The minimum Gasteiger partial charge on any atom is -0.459 e. The van der Waals surface area contributed by atoms with Crippen molar-refractivity contribution < 1.29 is 14.3 Å². The average molecular weight is 410 g/mol. The van der Waals surface area contributed by atoms with E-state index in [2.05, 4.69) is 23.8 Å². The highest BCUT2D eigenvalue weighted by Gasteiger charge is 2.39. The van der Waals surface area contributed by atoms with Gasteiger partial charge < -0.3 is 14.6 Å². The normalized spacial score (nSPS) is 19.4. The lowest BCUT2D eigenvalue weighted by Gasteiger charge is -2.32. The van der Waals surface area contributed by atoms with Gasteiger partial charge in [-0.25, -0.2) is 9.78 Å². The Kier molecular flexibility index (Phi) is 5.43. The summed E-state index contributed by atoms with van der Waals surface area (Å²) in [5.41, 5.74) is 2.49. The van der Waals surface area contributed by atoms with Gasteiger partial charge in [-0.05, 0) is 44.4 Å². The molecule has 1 fully saturated rings. The second-order valence-electron chi connectivity index (χ2n) is 9.46. The summed E-state index contributed by atoms with van der Waals surface area (Å²) in [6.07, 6.45) is 8.43. The zero-order valence-corrected chi connectivity index (χ0v) is 18.3. The second-order valence-corrected chi connectivity index (χ2v) is 9.46. The molecule has 2 aromatic heterocycles. The van der Waals surface area contributed by atoms with Gasteiger partial charge in [-0.2, -0.15) is 0 Å². The van der Waals surface area contributed by atoms with Gasteiger partial charge in [0.05, 0.1) is 17.4 Å². The minimum atomic E-state index is -0.419. The topological polar surface area (TPSA) is 75.3 Å². The predicted octanol–water partition coefficient (Wildman–Crippen LogP) is 4.56. The van der Waals surface area contributed by atoms with Crippen LogP contribution in [0.2, 0.25) is 0 Å². The van der Waals surface area contributed by atoms with Crippen LogP contribution in [0.15, 0.2) is 24.5 Å². The Morgan fingerprint density at radius 2 is 1.97 bits per heavy atom. The van der Waals surface area contributed by atoms with Gasteiger partial charge in [0, 0.05) is 35.7 Å². The molecule has 1 N–H and O–H groups in total. The molecule has 1 saturated carbocycles. The number of amides is 1. The Balaban J connectivity index is 1.84. The summed E-state index contributed by atoms with van der Waals surface area (Å²) in [6.45, 7) is 8.42. The molecule has 160 valence electrons. The van der Waals surface area contributed by atoms with Crippen molar-refractivity contribution in [3.63, 3.8) is 0 Å². The van der Waals surface area contributed by atoms with Crippen LogP contribution in [0.4, 0.5) is 0 Å². The van der Waals surface area contributed by atoms with E-state index < -0.39 is 5.97 Å². The van der Waals surface area contributed by atoms with Gasteiger partial charge in [-0.15, -0.1) is 0 Å².